The van der Waals surface area contributed by atoms with Gasteiger partial charge in [0.15, 0.2) is 11.5 Å². The van der Waals surface area contributed by atoms with Crippen LogP contribution in [0, 0.1) is 6.92 Å². The van der Waals surface area contributed by atoms with Gasteiger partial charge in [0.05, 0.1) is 0 Å². The van der Waals surface area contributed by atoms with Crippen molar-refractivity contribution in [3.05, 3.63) is 29.7 Å². The maximum atomic E-state index is 5.86. The molecule has 0 amide bonds. The monoisotopic (exact) mass is 216 g/mol. The number of pyridine rings is 1. The number of aryl methyl sites for hydroxylation is 1. The molecule has 16 heavy (non-hydrogen) atoms. The smallest absolute Gasteiger partial charge is 0.159 e. The number of nitrogens with two attached hydrogens (primary N) is 1. The molecule has 0 unspecified atom stereocenters. The Labute approximate surface area is 94.5 Å². The fourth-order valence-electron chi connectivity index (χ4n) is 2.33. The first-order valence-electron chi connectivity index (χ1n) is 5.77. The minimum absolute atomic E-state index is 0.0555. The van der Waals surface area contributed by atoms with Gasteiger partial charge in [-0.1, -0.05) is 12.5 Å². The lowest BCUT2D eigenvalue weighted by Gasteiger charge is -2.38. The molecule has 2 N–H and O–H groups in total. The summed E-state index contributed by atoms with van der Waals surface area (Å²) in [7, 11) is 0. The molecule has 1 aliphatic carbocycles. The molecule has 0 bridgehead atoms. The van der Waals surface area contributed by atoms with E-state index in [-0.39, 0.29) is 5.41 Å². The van der Waals surface area contributed by atoms with Gasteiger partial charge in [-0.15, -0.1) is 0 Å². The second-order valence-corrected chi connectivity index (χ2v) is 4.78. The highest BCUT2D eigenvalue weighted by Crippen LogP contribution is 2.41. The fraction of sp³-hybridized carbons (Fsp3) is 0.500. The molecule has 4 nitrogen and oxygen atoms in total. The largest absolute Gasteiger partial charge is 0.329 e. The molecule has 2 aromatic rings. The van der Waals surface area contributed by atoms with E-state index in [9.17, 15) is 0 Å². The highest BCUT2D eigenvalue weighted by molar-refractivity contribution is 5.39. The van der Waals surface area contributed by atoms with Crippen molar-refractivity contribution in [2.45, 2.75) is 31.6 Å². The van der Waals surface area contributed by atoms with Crippen LogP contribution in [0.15, 0.2) is 18.3 Å². The predicted molar refractivity (Wildman–Crippen MR) is 62.3 cm³/mol. The summed E-state index contributed by atoms with van der Waals surface area (Å²) in [4.78, 5) is 4.59. The second kappa shape index (κ2) is 3.28. The van der Waals surface area contributed by atoms with Crippen LogP contribution < -0.4 is 5.73 Å². The van der Waals surface area contributed by atoms with E-state index in [1.54, 1.807) is 0 Å². The first-order chi connectivity index (χ1) is 7.73. The maximum Gasteiger partial charge on any atom is 0.159 e. The van der Waals surface area contributed by atoms with E-state index in [2.05, 4.69) is 23.1 Å². The van der Waals surface area contributed by atoms with Crippen LogP contribution in [-0.2, 0) is 5.41 Å². The summed E-state index contributed by atoms with van der Waals surface area (Å²) in [5.74, 6) is 0.923. The molecule has 1 fully saturated rings. The van der Waals surface area contributed by atoms with Gasteiger partial charge in [-0.2, -0.15) is 5.10 Å². The Morgan fingerprint density at radius 3 is 2.88 bits per heavy atom. The summed E-state index contributed by atoms with van der Waals surface area (Å²) in [6, 6.07) is 4.07. The molecule has 2 aromatic heterocycles. The summed E-state index contributed by atoms with van der Waals surface area (Å²) >= 11 is 0. The lowest BCUT2D eigenvalue weighted by atomic mass is 9.68. The van der Waals surface area contributed by atoms with Crippen LogP contribution in [0.5, 0.6) is 0 Å². The second-order valence-electron chi connectivity index (χ2n) is 4.78. The molecule has 0 aromatic carbocycles. The minimum Gasteiger partial charge on any atom is -0.329 e. The van der Waals surface area contributed by atoms with Gasteiger partial charge in [0, 0.05) is 18.2 Å². The molecule has 0 aliphatic heterocycles. The van der Waals surface area contributed by atoms with Crippen LogP contribution in [-0.4, -0.2) is 21.1 Å². The Morgan fingerprint density at radius 1 is 1.44 bits per heavy atom. The third-order valence-electron chi connectivity index (χ3n) is 3.65. The zero-order valence-corrected chi connectivity index (χ0v) is 9.48. The molecule has 0 spiro atoms. The third-order valence-corrected chi connectivity index (χ3v) is 3.65. The van der Waals surface area contributed by atoms with E-state index in [0.717, 1.165) is 24.3 Å². The van der Waals surface area contributed by atoms with Crippen molar-refractivity contribution in [1.29, 1.82) is 0 Å². The average Bonchev–Trinajstić information content (AvgIpc) is 2.60. The molecule has 0 radical (unpaired) electrons. The Kier molecular flexibility index (Phi) is 2.01. The topological polar surface area (TPSA) is 56.2 Å². The number of hydrogen-bond acceptors (Lipinski definition) is 3. The van der Waals surface area contributed by atoms with E-state index in [1.807, 2.05) is 16.8 Å². The summed E-state index contributed by atoms with van der Waals surface area (Å²) in [5.41, 5.74) is 8.03. The van der Waals surface area contributed by atoms with Crippen molar-refractivity contribution in [3.63, 3.8) is 0 Å². The lowest BCUT2D eigenvalue weighted by molar-refractivity contribution is 0.238. The maximum absolute atomic E-state index is 5.86. The highest BCUT2D eigenvalue weighted by Gasteiger charge is 2.41. The lowest BCUT2D eigenvalue weighted by Crippen LogP contribution is -2.42. The van der Waals surface area contributed by atoms with Crippen molar-refractivity contribution >= 4 is 5.65 Å². The molecule has 1 aliphatic rings. The normalized spacial score (nSPS) is 18.6. The first-order valence-corrected chi connectivity index (χ1v) is 5.77. The molecular formula is C12H16N4. The summed E-state index contributed by atoms with van der Waals surface area (Å²) < 4.78 is 1.86. The van der Waals surface area contributed by atoms with Gasteiger partial charge in [0.25, 0.3) is 0 Å². The van der Waals surface area contributed by atoms with Crippen molar-refractivity contribution in [2.75, 3.05) is 6.54 Å². The quantitative estimate of drug-likeness (QED) is 0.826. The Bertz CT molecular complexity index is 519. The van der Waals surface area contributed by atoms with Crippen molar-refractivity contribution in [2.24, 2.45) is 5.73 Å². The van der Waals surface area contributed by atoms with Gasteiger partial charge in [0.2, 0.25) is 0 Å². The van der Waals surface area contributed by atoms with Crippen LogP contribution in [0.1, 0.15) is 30.7 Å². The fourth-order valence-corrected chi connectivity index (χ4v) is 2.33. The van der Waals surface area contributed by atoms with E-state index in [4.69, 9.17) is 5.73 Å². The Morgan fingerprint density at radius 2 is 2.25 bits per heavy atom. The van der Waals surface area contributed by atoms with Gasteiger partial charge in [0.1, 0.15) is 0 Å². The molecular weight excluding hydrogens is 200 g/mol. The van der Waals surface area contributed by atoms with Crippen LogP contribution in [0.4, 0.5) is 0 Å². The van der Waals surface area contributed by atoms with Gasteiger partial charge in [-0.3, -0.25) is 0 Å². The molecule has 0 saturated heterocycles. The van der Waals surface area contributed by atoms with Gasteiger partial charge >= 0.3 is 0 Å². The van der Waals surface area contributed by atoms with E-state index < -0.39 is 0 Å². The third kappa shape index (κ3) is 1.26. The van der Waals surface area contributed by atoms with Crippen molar-refractivity contribution in [3.8, 4) is 0 Å². The highest BCUT2D eigenvalue weighted by atomic mass is 15.3. The number of nitrogens with zero attached hydrogens (tertiary/aromatic N) is 3. The van der Waals surface area contributed by atoms with E-state index in [0.29, 0.717) is 6.54 Å². The molecule has 2 heterocycles. The predicted octanol–water partition coefficient (Wildman–Crippen LogP) is 1.42. The van der Waals surface area contributed by atoms with E-state index in [1.165, 1.54) is 12.0 Å². The molecule has 0 atom stereocenters. The van der Waals surface area contributed by atoms with Crippen LogP contribution in [0.3, 0.4) is 0 Å². The Balaban J connectivity index is 2.11. The standard InChI is InChI=1S/C12H16N4/c1-9-3-4-10-14-11(15-16(10)7-9)12(8-13)5-2-6-12/h3-4,7H,2,5-6,8,13H2,1H3. The zero-order valence-electron chi connectivity index (χ0n) is 9.48. The number of fused-ring (bicyclic) bond motifs is 1. The van der Waals surface area contributed by atoms with Crippen molar-refractivity contribution in [1.82, 2.24) is 14.6 Å². The van der Waals surface area contributed by atoms with Crippen LogP contribution in [0.2, 0.25) is 0 Å². The first kappa shape index (κ1) is 9.78. The van der Waals surface area contributed by atoms with Gasteiger partial charge in [-0.05, 0) is 31.4 Å². The summed E-state index contributed by atoms with van der Waals surface area (Å²) in [6.45, 7) is 2.71. The minimum atomic E-state index is 0.0555. The number of aromatic nitrogens is 3. The van der Waals surface area contributed by atoms with Crippen LogP contribution >= 0.6 is 0 Å². The zero-order chi connectivity index (χ0) is 11.2. The van der Waals surface area contributed by atoms with Gasteiger partial charge in [-0.25, -0.2) is 9.50 Å². The molecule has 4 heteroatoms. The number of rotatable bonds is 2. The molecule has 1 saturated carbocycles. The van der Waals surface area contributed by atoms with Crippen molar-refractivity contribution < 1.29 is 0 Å². The SMILES string of the molecule is Cc1ccc2nc(C3(CN)CCC3)nn2c1. The summed E-state index contributed by atoms with van der Waals surface area (Å²) in [6.07, 6.45) is 5.50. The van der Waals surface area contributed by atoms with Crippen LogP contribution in [0.25, 0.3) is 5.65 Å². The number of hydrogen-bond donors (Lipinski definition) is 1. The summed E-state index contributed by atoms with van der Waals surface area (Å²) in [5, 5.41) is 4.56. The molecule has 84 valence electrons. The van der Waals surface area contributed by atoms with E-state index >= 15 is 0 Å². The Hall–Kier alpha value is -1.42. The molecule has 3 rings (SSSR count). The van der Waals surface area contributed by atoms with Gasteiger partial charge < -0.3 is 5.73 Å². The average molecular weight is 216 g/mol.